The van der Waals surface area contributed by atoms with Crippen molar-refractivity contribution in [3.63, 3.8) is 0 Å². The normalized spacial score (nSPS) is 13.4. The maximum Gasteiger partial charge on any atom is 0.324 e. The number of carbonyl (C=O) groups is 1. The van der Waals surface area contributed by atoms with Crippen LogP contribution in [0.25, 0.3) is 11.3 Å². The first-order valence-corrected chi connectivity index (χ1v) is 11.4. The molecule has 0 aliphatic carbocycles. The molecule has 0 radical (unpaired) electrons. The molecular weight excluding hydrogens is 418 g/mol. The van der Waals surface area contributed by atoms with Crippen LogP contribution in [0.4, 0.5) is 0 Å². The molecule has 0 bridgehead atoms. The Morgan fingerprint density at radius 2 is 1.93 bits per heavy atom. The fraction of sp³-hybridized carbons (Fsp3) is 0.435. The van der Waals surface area contributed by atoms with E-state index >= 15 is 0 Å². The van der Waals surface area contributed by atoms with Crippen molar-refractivity contribution < 1.29 is 9.53 Å². The van der Waals surface area contributed by atoms with Gasteiger partial charge in [0.05, 0.1) is 16.0 Å². The summed E-state index contributed by atoms with van der Waals surface area (Å²) in [5.74, 6) is -0.298. The standard InChI is InChI=1S/C23H28ClN3O2S/c1-8-27-20(19(24)14(2)26-27)21(29-22(28)15(3)30-7)18(13-25)16-9-11-17(12-10-16)23(4,5)6/h9-12,15H,8H2,1-7H3/b21-18-. The van der Waals surface area contributed by atoms with Crippen LogP contribution in [0.5, 0.6) is 0 Å². The lowest BCUT2D eigenvalue weighted by Crippen LogP contribution is -2.18. The van der Waals surface area contributed by atoms with E-state index in [1.807, 2.05) is 37.4 Å². The molecule has 0 N–H and O–H groups in total. The Morgan fingerprint density at radius 3 is 2.40 bits per heavy atom. The molecule has 0 saturated heterocycles. The van der Waals surface area contributed by atoms with Gasteiger partial charge in [0.25, 0.3) is 0 Å². The Kier molecular flexibility index (Phi) is 7.79. The average molecular weight is 446 g/mol. The molecular formula is C23H28ClN3O2S. The number of carbonyl (C=O) groups excluding carboxylic acids is 1. The highest BCUT2D eigenvalue weighted by Gasteiger charge is 2.27. The smallest absolute Gasteiger partial charge is 0.324 e. The van der Waals surface area contributed by atoms with E-state index in [4.69, 9.17) is 16.3 Å². The zero-order valence-electron chi connectivity index (χ0n) is 18.5. The number of thioether (sulfide) groups is 1. The van der Waals surface area contributed by atoms with Gasteiger partial charge >= 0.3 is 5.97 Å². The topological polar surface area (TPSA) is 67.9 Å². The van der Waals surface area contributed by atoms with Gasteiger partial charge in [-0.3, -0.25) is 9.48 Å². The molecule has 0 saturated carbocycles. The quantitative estimate of drug-likeness (QED) is 0.317. The van der Waals surface area contributed by atoms with Crippen molar-refractivity contribution in [3.05, 3.63) is 51.8 Å². The minimum absolute atomic E-state index is 0.0145. The number of hydrogen-bond donors (Lipinski definition) is 0. The highest BCUT2D eigenvalue weighted by atomic mass is 35.5. The predicted octanol–water partition coefficient (Wildman–Crippen LogP) is 5.85. The van der Waals surface area contributed by atoms with Gasteiger partial charge in [-0.05, 0) is 43.6 Å². The molecule has 1 unspecified atom stereocenters. The summed E-state index contributed by atoms with van der Waals surface area (Å²) in [6.07, 6.45) is 1.83. The summed E-state index contributed by atoms with van der Waals surface area (Å²) in [6, 6.07) is 9.94. The lowest BCUT2D eigenvalue weighted by Gasteiger charge is -2.19. The summed E-state index contributed by atoms with van der Waals surface area (Å²) in [6.45, 7) is 12.4. The van der Waals surface area contributed by atoms with Crippen molar-refractivity contribution in [1.82, 2.24) is 9.78 Å². The molecule has 160 valence electrons. The van der Waals surface area contributed by atoms with E-state index in [1.165, 1.54) is 11.8 Å². The minimum Gasteiger partial charge on any atom is -0.422 e. The summed E-state index contributed by atoms with van der Waals surface area (Å²) in [5.41, 5.74) is 3.08. The Balaban J connectivity index is 2.74. The molecule has 0 aliphatic rings. The maximum atomic E-state index is 12.7. The van der Waals surface area contributed by atoms with E-state index in [9.17, 15) is 10.1 Å². The summed E-state index contributed by atoms with van der Waals surface area (Å²) in [7, 11) is 0. The van der Waals surface area contributed by atoms with Gasteiger partial charge in [-0.25, -0.2) is 0 Å². The van der Waals surface area contributed by atoms with E-state index in [-0.39, 0.29) is 22.0 Å². The molecule has 7 heteroatoms. The first kappa shape index (κ1) is 24.0. The number of hydrogen-bond acceptors (Lipinski definition) is 5. The van der Waals surface area contributed by atoms with Crippen LogP contribution in [-0.4, -0.2) is 27.3 Å². The Hall–Kier alpha value is -2.23. The summed E-state index contributed by atoms with van der Waals surface area (Å²) in [4.78, 5) is 12.7. The largest absolute Gasteiger partial charge is 0.422 e. The zero-order chi connectivity index (χ0) is 22.6. The number of allylic oxidation sites excluding steroid dienone is 1. The minimum atomic E-state index is -0.436. The van der Waals surface area contributed by atoms with Crippen LogP contribution >= 0.6 is 23.4 Å². The molecule has 1 heterocycles. The number of esters is 1. The third kappa shape index (κ3) is 5.08. The van der Waals surface area contributed by atoms with Crippen molar-refractivity contribution in [1.29, 1.82) is 5.26 Å². The number of halogens is 1. The van der Waals surface area contributed by atoms with E-state index in [1.54, 1.807) is 18.5 Å². The molecule has 1 aromatic carbocycles. The molecule has 0 aliphatic heterocycles. The molecule has 0 amide bonds. The van der Waals surface area contributed by atoms with Crippen molar-refractivity contribution in [3.8, 4) is 6.07 Å². The Labute approximate surface area is 188 Å². The fourth-order valence-corrected chi connectivity index (χ4v) is 3.35. The van der Waals surface area contributed by atoms with Gasteiger partial charge in [0.1, 0.15) is 17.3 Å². The molecule has 2 rings (SSSR count). The van der Waals surface area contributed by atoms with Crippen molar-refractivity contribution in [2.24, 2.45) is 0 Å². The van der Waals surface area contributed by atoms with Crippen molar-refractivity contribution >= 4 is 40.7 Å². The monoisotopic (exact) mass is 445 g/mol. The maximum absolute atomic E-state index is 12.7. The van der Waals surface area contributed by atoms with Gasteiger partial charge in [-0.2, -0.15) is 22.1 Å². The molecule has 1 aromatic heterocycles. The fourth-order valence-electron chi connectivity index (χ4n) is 2.89. The molecule has 30 heavy (non-hydrogen) atoms. The van der Waals surface area contributed by atoms with E-state index < -0.39 is 5.97 Å². The van der Waals surface area contributed by atoms with Gasteiger partial charge in [0.2, 0.25) is 0 Å². The zero-order valence-corrected chi connectivity index (χ0v) is 20.1. The van der Waals surface area contributed by atoms with E-state index in [0.717, 1.165) is 5.56 Å². The lowest BCUT2D eigenvalue weighted by atomic mass is 9.86. The summed E-state index contributed by atoms with van der Waals surface area (Å²) in [5, 5.41) is 14.4. The Bertz CT molecular complexity index is 995. The van der Waals surface area contributed by atoms with E-state index in [2.05, 4.69) is 31.9 Å². The van der Waals surface area contributed by atoms with Crippen molar-refractivity contribution in [2.45, 2.75) is 58.8 Å². The number of aryl methyl sites for hydroxylation is 2. The molecule has 0 spiro atoms. The number of aromatic nitrogens is 2. The van der Waals surface area contributed by atoms with Gasteiger partial charge in [-0.15, -0.1) is 0 Å². The summed E-state index contributed by atoms with van der Waals surface area (Å²) < 4.78 is 7.44. The van der Waals surface area contributed by atoms with Crippen LogP contribution in [0.2, 0.25) is 5.02 Å². The highest BCUT2D eigenvalue weighted by molar-refractivity contribution is 7.99. The first-order valence-electron chi connectivity index (χ1n) is 9.78. The number of nitrogens with zero attached hydrogens (tertiary/aromatic N) is 3. The predicted molar refractivity (Wildman–Crippen MR) is 124 cm³/mol. The van der Waals surface area contributed by atoms with Crippen molar-refractivity contribution in [2.75, 3.05) is 6.26 Å². The Morgan fingerprint density at radius 1 is 1.33 bits per heavy atom. The van der Waals surface area contributed by atoms with Gasteiger partial charge < -0.3 is 4.74 Å². The summed E-state index contributed by atoms with van der Waals surface area (Å²) >= 11 is 7.91. The second kappa shape index (κ2) is 9.72. The van der Waals surface area contributed by atoms with Crippen LogP contribution in [0.15, 0.2) is 24.3 Å². The van der Waals surface area contributed by atoms with E-state index in [0.29, 0.717) is 28.5 Å². The SMILES string of the molecule is CCn1nc(C)c(Cl)c1/C(OC(=O)C(C)SC)=C(\C#N)c1ccc(C(C)(C)C)cc1. The number of nitriles is 1. The van der Waals surface area contributed by atoms with Crippen LogP contribution in [0, 0.1) is 18.3 Å². The lowest BCUT2D eigenvalue weighted by molar-refractivity contribution is -0.135. The molecule has 1 atom stereocenters. The van der Waals surface area contributed by atoms with Gasteiger partial charge in [0, 0.05) is 6.54 Å². The second-order valence-electron chi connectivity index (χ2n) is 8.01. The van der Waals surface area contributed by atoms with Gasteiger partial charge in [-0.1, -0.05) is 56.6 Å². The van der Waals surface area contributed by atoms with Gasteiger partial charge in [0.15, 0.2) is 5.76 Å². The van der Waals surface area contributed by atoms with Crippen LogP contribution in [-0.2, 0) is 21.5 Å². The number of rotatable bonds is 6. The third-order valence-corrected chi connectivity index (χ3v) is 6.19. The molecule has 5 nitrogen and oxygen atoms in total. The van der Waals surface area contributed by atoms with Crippen LogP contribution < -0.4 is 0 Å². The average Bonchev–Trinajstić information content (AvgIpc) is 3.00. The molecule has 2 aromatic rings. The second-order valence-corrected chi connectivity index (χ2v) is 9.56. The number of ether oxygens (including phenoxy) is 1. The van der Waals surface area contributed by atoms with Crippen LogP contribution in [0.1, 0.15) is 57.1 Å². The number of benzene rings is 1. The highest BCUT2D eigenvalue weighted by Crippen LogP contribution is 2.35. The third-order valence-electron chi connectivity index (χ3n) is 4.84. The molecule has 0 fully saturated rings. The first-order chi connectivity index (χ1) is 14.0. The van der Waals surface area contributed by atoms with Crippen LogP contribution in [0.3, 0.4) is 0 Å².